The number of carboxylic acid groups (broad SMARTS) is 1. The number of rotatable bonds is 6. The van der Waals surface area contributed by atoms with Crippen molar-refractivity contribution in [2.75, 3.05) is 13.1 Å². The van der Waals surface area contributed by atoms with E-state index in [4.69, 9.17) is 5.11 Å². The molecule has 2 fully saturated rings. The number of nitrogens with zero attached hydrogens (tertiary/aromatic N) is 1. The smallest absolute Gasteiger partial charge is 0.318 e. The van der Waals surface area contributed by atoms with Gasteiger partial charge >= 0.3 is 12.0 Å². The Kier molecular flexibility index (Phi) is 3.15. The molecule has 3 atom stereocenters. The van der Waals surface area contributed by atoms with Crippen LogP contribution in [-0.4, -0.2) is 41.1 Å². The Morgan fingerprint density at radius 3 is 2.33 bits per heavy atom. The molecule has 2 aliphatic carbocycles. The summed E-state index contributed by atoms with van der Waals surface area (Å²) >= 11 is 0. The van der Waals surface area contributed by atoms with Crippen LogP contribution in [0.1, 0.15) is 12.8 Å². The fourth-order valence-electron chi connectivity index (χ4n) is 2.76. The van der Waals surface area contributed by atoms with Gasteiger partial charge in [-0.25, -0.2) is 4.79 Å². The van der Waals surface area contributed by atoms with Gasteiger partial charge in [-0.05, 0) is 18.8 Å². The van der Waals surface area contributed by atoms with E-state index in [1.54, 1.807) is 17.1 Å². The van der Waals surface area contributed by atoms with E-state index < -0.39 is 11.4 Å². The Balaban J connectivity index is 1.84. The first-order valence-corrected chi connectivity index (χ1v) is 6.06. The van der Waals surface area contributed by atoms with Crippen molar-refractivity contribution in [1.29, 1.82) is 0 Å². The lowest BCUT2D eigenvalue weighted by Crippen LogP contribution is -2.52. The van der Waals surface area contributed by atoms with Gasteiger partial charge in [0, 0.05) is 19.1 Å². The van der Waals surface area contributed by atoms with Gasteiger partial charge in [0.25, 0.3) is 0 Å². The second kappa shape index (κ2) is 4.48. The molecule has 2 amide bonds. The average molecular weight is 250 g/mol. The number of carboxylic acids is 1. The standard InChI is InChI=1S/C13H18N2O3/c1-3-5-15(6-4-2)12(18)14-10-8-13(11(16)17)7-9(10)13/h3-4,9-10H,1-2,5-8H2,(H,14,18)(H,16,17)/t9-,10+,13-/m0/s1. The van der Waals surface area contributed by atoms with Crippen LogP contribution >= 0.6 is 0 Å². The fraction of sp³-hybridized carbons (Fsp3) is 0.538. The van der Waals surface area contributed by atoms with Gasteiger partial charge < -0.3 is 15.3 Å². The molecule has 5 nitrogen and oxygen atoms in total. The van der Waals surface area contributed by atoms with Crippen molar-refractivity contribution >= 4 is 12.0 Å². The predicted molar refractivity (Wildman–Crippen MR) is 67.1 cm³/mol. The number of hydrogen-bond donors (Lipinski definition) is 2. The zero-order valence-electron chi connectivity index (χ0n) is 10.3. The molecule has 2 rings (SSSR count). The maximum Gasteiger partial charge on any atom is 0.318 e. The average Bonchev–Trinajstić information content (AvgIpc) is 2.92. The summed E-state index contributed by atoms with van der Waals surface area (Å²) in [6, 6.07) is -0.170. The molecule has 0 aliphatic heterocycles. The molecule has 0 aromatic rings. The third kappa shape index (κ3) is 1.89. The van der Waals surface area contributed by atoms with E-state index in [9.17, 15) is 9.59 Å². The van der Waals surface area contributed by atoms with Crippen LogP contribution in [0.3, 0.4) is 0 Å². The summed E-state index contributed by atoms with van der Waals surface area (Å²) in [6.07, 6.45) is 4.55. The normalized spacial score (nSPS) is 31.6. The van der Waals surface area contributed by atoms with E-state index >= 15 is 0 Å². The Morgan fingerprint density at radius 1 is 1.33 bits per heavy atom. The van der Waals surface area contributed by atoms with Gasteiger partial charge in [-0.1, -0.05) is 12.2 Å². The van der Waals surface area contributed by atoms with Crippen molar-refractivity contribution < 1.29 is 14.7 Å². The van der Waals surface area contributed by atoms with Crippen LogP contribution in [0.5, 0.6) is 0 Å². The van der Waals surface area contributed by atoms with Gasteiger partial charge in [0.2, 0.25) is 0 Å². The van der Waals surface area contributed by atoms with Crippen LogP contribution in [0.2, 0.25) is 0 Å². The maximum absolute atomic E-state index is 11.9. The van der Waals surface area contributed by atoms with E-state index in [0.29, 0.717) is 25.9 Å². The molecule has 0 bridgehead atoms. The quantitative estimate of drug-likeness (QED) is 0.697. The second-order valence-corrected chi connectivity index (χ2v) is 5.01. The first-order valence-electron chi connectivity index (χ1n) is 6.06. The summed E-state index contributed by atoms with van der Waals surface area (Å²) in [5.74, 6) is -0.611. The molecule has 5 heteroatoms. The van der Waals surface area contributed by atoms with E-state index in [1.165, 1.54) is 0 Å². The summed E-state index contributed by atoms with van der Waals surface area (Å²) in [5, 5.41) is 11.9. The van der Waals surface area contributed by atoms with Crippen LogP contribution in [-0.2, 0) is 4.79 Å². The number of fused-ring (bicyclic) bond motifs is 1. The van der Waals surface area contributed by atoms with Crippen LogP contribution in [0.15, 0.2) is 25.3 Å². The lowest BCUT2D eigenvalue weighted by atomic mass is 9.80. The molecule has 2 saturated carbocycles. The molecule has 0 saturated heterocycles. The van der Waals surface area contributed by atoms with Crippen molar-refractivity contribution in [2.45, 2.75) is 18.9 Å². The lowest BCUT2D eigenvalue weighted by molar-refractivity contribution is -0.147. The molecule has 98 valence electrons. The van der Waals surface area contributed by atoms with Crippen LogP contribution < -0.4 is 5.32 Å². The van der Waals surface area contributed by atoms with Gasteiger partial charge in [0.15, 0.2) is 0 Å². The van der Waals surface area contributed by atoms with Crippen LogP contribution in [0.4, 0.5) is 4.79 Å². The first kappa shape index (κ1) is 12.7. The Bertz CT molecular complexity index is 397. The molecule has 0 spiro atoms. The number of carbonyl (C=O) groups excluding carboxylic acids is 1. The minimum atomic E-state index is -0.730. The highest BCUT2D eigenvalue weighted by Gasteiger charge is 2.72. The third-order valence-electron chi connectivity index (χ3n) is 3.92. The maximum atomic E-state index is 11.9. The van der Waals surface area contributed by atoms with Crippen molar-refractivity contribution in [1.82, 2.24) is 10.2 Å². The van der Waals surface area contributed by atoms with Crippen molar-refractivity contribution in [2.24, 2.45) is 11.3 Å². The number of amides is 2. The minimum absolute atomic E-state index is 0.00531. The number of urea groups is 1. The number of nitrogens with one attached hydrogen (secondary N) is 1. The molecule has 0 unspecified atom stereocenters. The molecule has 18 heavy (non-hydrogen) atoms. The fourth-order valence-corrected chi connectivity index (χ4v) is 2.76. The van der Waals surface area contributed by atoms with Crippen LogP contribution in [0, 0.1) is 11.3 Å². The molecule has 0 heterocycles. The number of carbonyl (C=O) groups is 2. The van der Waals surface area contributed by atoms with Gasteiger partial charge in [-0.2, -0.15) is 0 Å². The molecular formula is C13H18N2O3. The zero-order chi connectivity index (χ0) is 13.3. The second-order valence-electron chi connectivity index (χ2n) is 5.01. The molecular weight excluding hydrogens is 232 g/mol. The summed E-state index contributed by atoms with van der Waals surface area (Å²) in [7, 11) is 0. The highest BCUT2D eigenvalue weighted by atomic mass is 16.4. The third-order valence-corrected chi connectivity index (χ3v) is 3.92. The summed E-state index contributed by atoms with van der Waals surface area (Å²) in [6.45, 7) is 8.12. The highest BCUT2D eigenvalue weighted by Crippen LogP contribution is 2.67. The molecule has 2 N–H and O–H groups in total. The number of aliphatic carboxylic acids is 1. The number of hydrogen-bond acceptors (Lipinski definition) is 2. The molecule has 2 aliphatic rings. The topological polar surface area (TPSA) is 69.6 Å². The molecule has 0 radical (unpaired) electrons. The Hall–Kier alpha value is -1.78. The van der Waals surface area contributed by atoms with E-state index in [1.807, 2.05) is 0 Å². The lowest BCUT2D eigenvalue weighted by Gasteiger charge is -2.34. The minimum Gasteiger partial charge on any atom is -0.481 e. The SMILES string of the molecule is C=CCN(CC=C)C(=O)N[C@@H]1C[C@@]2(C(=O)O)C[C@@H]12. The van der Waals surface area contributed by atoms with Gasteiger partial charge in [0.05, 0.1) is 5.41 Å². The summed E-state index contributed by atoms with van der Waals surface area (Å²) in [5.41, 5.74) is -0.528. The van der Waals surface area contributed by atoms with Gasteiger partial charge in [0.1, 0.15) is 0 Å². The Morgan fingerprint density at radius 2 is 1.94 bits per heavy atom. The van der Waals surface area contributed by atoms with Gasteiger partial charge in [-0.15, -0.1) is 13.2 Å². The monoisotopic (exact) mass is 250 g/mol. The van der Waals surface area contributed by atoms with Crippen molar-refractivity contribution in [3.05, 3.63) is 25.3 Å². The van der Waals surface area contributed by atoms with Crippen molar-refractivity contribution in [3.8, 4) is 0 Å². The largest absolute Gasteiger partial charge is 0.481 e. The van der Waals surface area contributed by atoms with E-state index in [-0.39, 0.29) is 18.0 Å². The zero-order valence-corrected chi connectivity index (χ0v) is 10.3. The highest BCUT2D eigenvalue weighted by molar-refractivity contribution is 5.82. The molecule has 0 aromatic carbocycles. The van der Waals surface area contributed by atoms with Crippen LogP contribution in [0.25, 0.3) is 0 Å². The van der Waals surface area contributed by atoms with Crippen molar-refractivity contribution in [3.63, 3.8) is 0 Å². The Labute approximate surface area is 106 Å². The summed E-state index contributed by atoms with van der Waals surface area (Å²) < 4.78 is 0. The predicted octanol–water partition coefficient (Wildman–Crippen LogP) is 1.23. The summed E-state index contributed by atoms with van der Waals surface area (Å²) in [4.78, 5) is 24.5. The molecule has 0 aromatic heterocycles. The van der Waals surface area contributed by atoms with E-state index in [0.717, 1.165) is 0 Å². The van der Waals surface area contributed by atoms with E-state index in [2.05, 4.69) is 18.5 Å². The van der Waals surface area contributed by atoms with Gasteiger partial charge in [-0.3, -0.25) is 4.79 Å². The first-order chi connectivity index (χ1) is 8.55.